The Morgan fingerprint density at radius 1 is 1.21 bits per heavy atom. The number of hydrogen-bond acceptors (Lipinski definition) is 5. The van der Waals surface area contributed by atoms with Gasteiger partial charge in [-0.1, -0.05) is 23.7 Å². The molecule has 0 atom stereocenters. The SMILES string of the molecule is COC(=O)Cc1ccc(NC(=O)c2cc([N+](=O)[O-])ccc2Cl)cc1. The molecule has 0 aliphatic heterocycles. The molecule has 0 aromatic heterocycles. The Balaban J connectivity index is 2.13. The van der Waals surface area contributed by atoms with Gasteiger partial charge in [-0.15, -0.1) is 0 Å². The van der Waals surface area contributed by atoms with Crippen LogP contribution in [0.5, 0.6) is 0 Å². The molecule has 2 aromatic carbocycles. The number of nitrogens with zero attached hydrogens (tertiary/aromatic N) is 1. The number of halogens is 1. The maximum atomic E-state index is 12.2. The number of rotatable bonds is 5. The average molecular weight is 349 g/mol. The van der Waals surface area contributed by atoms with Gasteiger partial charge in [-0.25, -0.2) is 0 Å². The standard InChI is InChI=1S/C16H13ClN2O5/c1-24-15(20)8-10-2-4-11(5-3-10)18-16(21)13-9-12(19(22)23)6-7-14(13)17/h2-7,9H,8H2,1H3,(H,18,21). The van der Waals surface area contributed by atoms with Gasteiger partial charge in [-0.05, 0) is 23.8 Å². The number of ether oxygens (including phenoxy) is 1. The fourth-order valence-electron chi connectivity index (χ4n) is 1.94. The van der Waals surface area contributed by atoms with E-state index in [1.807, 2.05) is 0 Å². The van der Waals surface area contributed by atoms with E-state index in [0.717, 1.165) is 11.6 Å². The zero-order valence-corrected chi connectivity index (χ0v) is 13.4. The Morgan fingerprint density at radius 3 is 2.46 bits per heavy atom. The summed E-state index contributed by atoms with van der Waals surface area (Å²) < 4.78 is 4.57. The predicted octanol–water partition coefficient (Wildman–Crippen LogP) is 3.22. The molecule has 0 saturated heterocycles. The molecule has 124 valence electrons. The summed E-state index contributed by atoms with van der Waals surface area (Å²) in [6, 6.07) is 10.2. The van der Waals surface area contributed by atoms with E-state index in [-0.39, 0.29) is 28.7 Å². The summed E-state index contributed by atoms with van der Waals surface area (Å²) in [6.07, 6.45) is 0.126. The highest BCUT2D eigenvalue weighted by molar-refractivity contribution is 6.34. The number of non-ortho nitro benzene ring substituents is 1. The Hall–Kier alpha value is -2.93. The van der Waals surface area contributed by atoms with E-state index in [4.69, 9.17) is 11.6 Å². The molecule has 0 aliphatic rings. The van der Waals surface area contributed by atoms with E-state index in [1.54, 1.807) is 24.3 Å². The number of hydrogen-bond donors (Lipinski definition) is 1. The first-order valence-electron chi connectivity index (χ1n) is 6.81. The smallest absolute Gasteiger partial charge is 0.309 e. The second kappa shape index (κ2) is 7.56. The molecule has 0 heterocycles. The van der Waals surface area contributed by atoms with Gasteiger partial charge in [-0.2, -0.15) is 0 Å². The molecule has 1 N–H and O–H groups in total. The molecule has 7 nitrogen and oxygen atoms in total. The number of benzene rings is 2. The first-order valence-corrected chi connectivity index (χ1v) is 7.19. The second-order valence-electron chi connectivity index (χ2n) is 4.83. The highest BCUT2D eigenvalue weighted by atomic mass is 35.5. The molecule has 2 rings (SSSR count). The van der Waals surface area contributed by atoms with Crippen LogP contribution in [0, 0.1) is 10.1 Å². The maximum Gasteiger partial charge on any atom is 0.309 e. The number of carbonyl (C=O) groups excluding carboxylic acids is 2. The van der Waals surface area contributed by atoms with Crippen molar-refractivity contribution in [1.82, 2.24) is 0 Å². The summed E-state index contributed by atoms with van der Waals surface area (Å²) in [5.41, 5.74) is 0.979. The molecule has 0 radical (unpaired) electrons. The largest absolute Gasteiger partial charge is 0.469 e. The molecular formula is C16H13ClN2O5. The summed E-state index contributed by atoms with van der Waals surface area (Å²) in [5.74, 6) is -0.931. The molecule has 2 aromatic rings. The molecule has 0 saturated carbocycles. The van der Waals surface area contributed by atoms with E-state index in [2.05, 4.69) is 10.1 Å². The first kappa shape index (κ1) is 17.4. The molecule has 1 amide bonds. The van der Waals surface area contributed by atoms with Gasteiger partial charge < -0.3 is 10.1 Å². The van der Waals surface area contributed by atoms with Crippen molar-refractivity contribution in [3.63, 3.8) is 0 Å². The zero-order chi connectivity index (χ0) is 17.7. The Labute approximate surface area is 142 Å². The van der Waals surface area contributed by atoms with Gasteiger partial charge in [0.2, 0.25) is 0 Å². The number of methoxy groups -OCH3 is 1. The second-order valence-corrected chi connectivity index (χ2v) is 5.23. The van der Waals surface area contributed by atoms with Gasteiger partial charge in [0, 0.05) is 17.8 Å². The summed E-state index contributed by atoms with van der Waals surface area (Å²) in [4.78, 5) is 33.6. The number of amides is 1. The zero-order valence-electron chi connectivity index (χ0n) is 12.6. The van der Waals surface area contributed by atoms with Crippen molar-refractivity contribution in [2.24, 2.45) is 0 Å². The van der Waals surface area contributed by atoms with Crippen molar-refractivity contribution in [3.8, 4) is 0 Å². The topological polar surface area (TPSA) is 98.5 Å². The van der Waals surface area contributed by atoms with Crippen molar-refractivity contribution < 1.29 is 19.2 Å². The fourth-order valence-corrected chi connectivity index (χ4v) is 2.15. The first-order chi connectivity index (χ1) is 11.4. The summed E-state index contributed by atoms with van der Waals surface area (Å²) in [7, 11) is 1.31. The molecule has 8 heteroatoms. The third kappa shape index (κ3) is 4.30. The lowest BCUT2D eigenvalue weighted by atomic mass is 10.1. The lowest BCUT2D eigenvalue weighted by Gasteiger charge is -2.08. The van der Waals surface area contributed by atoms with Crippen LogP contribution in [0.25, 0.3) is 0 Å². The van der Waals surface area contributed by atoms with Crippen LogP contribution in [-0.4, -0.2) is 23.9 Å². The Morgan fingerprint density at radius 2 is 1.88 bits per heavy atom. The van der Waals surface area contributed by atoms with Crippen LogP contribution in [0.3, 0.4) is 0 Å². The van der Waals surface area contributed by atoms with Crippen LogP contribution < -0.4 is 5.32 Å². The molecule has 0 unspecified atom stereocenters. The van der Waals surface area contributed by atoms with E-state index in [9.17, 15) is 19.7 Å². The van der Waals surface area contributed by atoms with Crippen molar-refractivity contribution in [3.05, 3.63) is 68.7 Å². The molecule has 0 spiro atoms. The van der Waals surface area contributed by atoms with E-state index < -0.39 is 10.8 Å². The van der Waals surface area contributed by atoms with Gasteiger partial charge in [0.25, 0.3) is 11.6 Å². The van der Waals surface area contributed by atoms with Crippen LogP contribution in [0.1, 0.15) is 15.9 Å². The third-order valence-electron chi connectivity index (χ3n) is 3.19. The normalized spacial score (nSPS) is 10.1. The van der Waals surface area contributed by atoms with Crippen molar-refractivity contribution in [2.75, 3.05) is 12.4 Å². The fraction of sp³-hybridized carbons (Fsp3) is 0.125. The molecule has 0 bridgehead atoms. The minimum absolute atomic E-state index is 0.00417. The molecule has 0 aliphatic carbocycles. The van der Waals surface area contributed by atoms with Gasteiger partial charge in [0.1, 0.15) is 0 Å². The number of nitrogens with one attached hydrogen (secondary N) is 1. The molecule has 24 heavy (non-hydrogen) atoms. The van der Waals surface area contributed by atoms with Crippen LogP contribution >= 0.6 is 11.6 Å². The summed E-state index contributed by atoms with van der Waals surface area (Å²) in [6.45, 7) is 0. The maximum absolute atomic E-state index is 12.2. The van der Waals surface area contributed by atoms with Gasteiger partial charge >= 0.3 is 5.97 Å². The minimum atomic E-state index is -0.602. The van der Waals surface area contributed by atoms with Crippen molar-refractivity contribution >= 4 is 34.9 Å². The van der Waals surface area contributed by atoms with Crippen molar-refractivity contribution in [2.45, 2.75) is 6.42 Å². The Bertz CT molecular complexity index is 790. The van der Waals surface area contributed by atoms with E-state index in [1.165, 1.54) is 19.2 Å². The van der Waals surface area contributed by atoms with Gasteiger partial charge in [-0.3, -0.25) is 19.7 Å². The van der Waals surface area contributed by atoms with Crippen LogP contribution in [0.15, 0.2) is 42.5 Å². The van der Waals surface area contributed by atoms with Gasteiger partial charge in [0.15, 0.2) is 0 Å². The predicted molar refractivity (Wildman–Crippen MR) is 88.2 cm³/mol. The quantitative estimate of drug-likeness (QED) is 0.508. The highest BCUT2D eigenvalue weighted by Gasteiger charge is 2.16. The monoisotopic (exact) mass is 348 g/mol. The lowest BCUT2D eigenvalue weighted by molar-refractivity contribution is -0.384. The number of nitro groups is 1. The number of carbonyl (C=O) groups is 2. The van der Waals surface area contributed by atoms with Crippen LogP contribution in [0.2, 0.25) is 5.02 Å². The summed E-state index contributed by atoms with van der Waals surface area (Å²) in [5, 5.41) is 13.5. The lowest BCUT2D eigenvalue weighted by Crippen LogP contribution is -2.13. The third-order valence-corrected chi connectivity index (χ3v) is 3.52. The molecule has 0 fully saturated rings. The Kier molecular flexibility index (Phi) is 5.49. The van der Waals surface area contributed by atoms with Crippen LogP contribution in [0.4, 0.5) is 11.4 Å². The van der Waals surface area contributed by atoms with Gasteiger partial charge in [0.05, 0.1) is 29.0 Å². The van der Waals surface area contributed by atoms with Crippen molar-refractivity contribution in [1.29, 1.82) is 0 Å². The highest BCUT2D eigenvalue weighted by Crippen LogP contribution is 2.23. The van der Waals surface area contributed by atoms with Crippen LogP contribution in [-0.2, 0) is 16.0 Å². The number of nitro benzene ring substituents is 1. The average Bonchev–Trinajstić information content (AvgIpc) is 2.56. The number of anilines is 1. The minimum Gasteiger partial charge on any atom is -0.469 e. The van der Waals surface area contributed by atoms with E-state index in [0.29, 0.717) is 5.69 Å². The summed E-state index contributed by atoms with van der Waals surface area (Å²) >= 11 is 5.93. The molecular weight excluding hydrogens is 336 g/mol. The number of esters is 1. The van der Waals surface area contributed by atoms with E-state index >= 15 is 0 Å².